The Morgan fingerprint density at radius 1 is 0.935 bits per heavy atom. The second-order valence-electron chi connectivity index (χ2n) is 7.26. The molecule has 7 heteroatoms. The van der Waals surface area contributed by atoms with Crippen LogP contribution < -0.4 is 4.74 Å². The van der Waals surface area contributed by atoms with Crippen molar-refractivity contribution in [3.8, 4) is 16.9 Å². The Labute approximate surface area is 179 Å². The molecule has 0 amide bonds. The molecule has 160 valence electrons. The summed E-state index contributed by atoms with van der Waals surface area (Å²) >= 11 is 0. The number of rotatable bonds is 7. The van der Waals surface area contributed by atoms with Crippen LogP contribution >= 0.6 is 0 Å². The molecule has 2 aromatic carbocycles. The molecule has 1 aliphatic heterocycles. The van der Waals surface area contributed by atoms with Crippen LogP contribution in [-0.4, -0.2) is 31.3 Å². The van der Waals surface area contributed by atoms with E-state index in [9.17, 15) is 14.4 Å². The third-order valence-electron chi connectivity index (χ3n) is 4.64. The Balaban J connectivity index is 1.78. The fourth-order valence-corrected chi connectivity index (χ4v) is 2.87. The van der Waals surface area contributed by atoms with Gasteiger partial charge < -0.3 is 18.9 Å². The van der Waals surface area contributed by atoms with Crippen molar-refractivity contribution in [2.45, 2.75) is 19.4 Å². The third kappa shape index (κ3) is 5.01. The van der Waals surface area contributed by atoms with E-state index in [-0.39, 0.29) is 18.8 Å². The summed E-state index contributed by atoms with van der Waals surface area (Å²) in [4.78, 5) is 35.0. The summed E-state index contributed by atoms with van der Waals surface area (Å²) in [6.07, 6.45) is -0.824. The van der Waals surface area contributed by atoms with E-state index in [4.69, 9.17) is 18.9 Å². The minimum absolute atomic E-state index is 0.0720. The summed E-state index contributed by atoms with van der Waals surface area (Å²) in [6.45, 7) is 9.95. The summed E-state index contributed by atoms with van der Waals surface area (Å²) in [5.74, 6) is -0.642. The Morgan fingerprint density at radius 3 is 1.97 bits per heavy atom. The standard InChI is InChI=1S/C24H22O7/c1-15(2)21(25)28-13-24(14-29-23(27)31-24)19-9-5-17(6-10-19)18-7-11-20(12-8-18)30-22(26)16(3)4/h5-12H,1,3,13-14H2,2,4H3. The quantitative estimate of drug-likeness (QED) is 0.373. The molecule has 3 rings (SSSR count). The van der Waals surface area contributed by atoms with E-state index in [1.54, 1.807) is 31.2 Å². The first-order chi connectivity index (χ1) is 14.7. The van der Waals surface area contributed by atoms with Crippen LogP contribution in [0.1, 0.15) is 19.4 Å². The van der Waals surface area contributed by atoms with E-state index in [2.05, 4.69) is 13.2 Å². The molecular formula is C24H22O7. The van der Waals surface area contributed by atoms with E-state index < -0.39 is 23.7 Å². The van der Waals surface area contributed by atoms with Gasteiger partial charge in [0.15, 0.2) is 0 Å². The van der Waals surface area contributed by atoms with Gasteiger partial charge in [0.2, 0.25) is 5.60 Å². The van der Waals surface area contributed by atoms with Crippen molar-refractivity contribution in [2.24, 2.45) is 0 Å². The van der Waals surface area contributed by atoms with Gasteiger partial charge in [-0.3, -0.25) is 0 Å². The molecule has 0 bridgehead atoms. The second-order valence-corrected chi connectivity index (χ2v) is 7.26. The summed E-state index contributed by atoms with van der Waals surface area (Å²) in [5.41, 5.74) is 1.75. The van der Waals surface area contributed by atoms with Crippen molar-refractivity contribution in [3.05, 3.63) is 78.4 Å². The van der Waals surface area contributed by atoms with Gasteiger partial charge in [0.1, 0.15) is 19.0 Å². The number of ether oxygens (including phenoxy) is 4. The van der Waals surface area contributed by atoms with Crippen LogP contribution in [0.5, 0.6) is 5.75 Å². The normalized spacial score (nSPS) is 17.3. The van der Waals surface area contributed by atoms with Crippen LogP contribution in [0.2, 0.25) is 0 Å². The molecule has 31 heavy (non-hydrogen) atoms. The van der Waals surface area contributed by atoms with Crippen LogP contribution in [0.25, 0.3) is 11.1 Å². The van der Waals surface area contributed by atoms with Crippen LogP contribution in [0.3, 0.4) is 0 Å². The summed E-state index contributed by atoms with van der Waals surface area (Å²) in [6, 6.07) is 14.3. The molecule has 1 unspecified atom stereocenters. The van der Waals surface area contributed by atoms with Gasteiger partial charge in [-0.1, -0.05) is 49.6 Å². The van der Waals surface area contributed by atoms with E-state index in [1.807, 2.05) is 24.3 Å². The summed E-state index contributed by atoms with van der Waals surface area (Å²) in [5, 5.41) is 0. The van der Waals surface area contributed by atoms with E-state index >= 15 is 0 Å². The maximum Gasteiger partial charge on any atom is 0.509 e. The second kappa shape index (κ2) is 8.87. The number of carbonyl (C=O) groups excluding carboxylic acids is 3. The first-order valence-corrected chi connectivity index (χ1v) is 9.47. The summed E-state index contributed by atoms with van der Waals surface area (Å²) < 4.78 is 20.7. The fraction of sp³-hybridized carbons (Fsp3) is 0.208. The lowest BCUT2D eigenvalue weighted by molar-refractivity contribution is -0.145. The van der Waals surface area contributed by atoms with Crippen LogP contribution in [0, 0.1) is 0 Å². The molecule has 1 saturated heterocycles. The molecule has 0 aliphatic carbocycles. The van der Waals surface area contributed by atoms with Crippen molar-refractivity contribution >= 4 is 18.1 Å². The number of carbonyl (C=O) groups is 3. The highest BCUT2D eigenvalue weighted by atomic mass is 16.8. The van der Waals surface area contributed by atoms with Crippen LogP contribution in [0.4, 0.5) is 4.79 Å². The van der Waals surface area contributed by atoms with Crippen molar-refractivity contribution in [2.75, 3.05) is 13.2 Å². The third-order valence-corrected chi connectivity index (χ3v) is 4.64. The van der Waals surface area contributed by atoms with E-state index in [1.165, 1.54) is 6.92 Å². The molecule has 1 heterocycles. The predicted molar refractivity (Wildman–Crippen MR) is 112 cm³/mol. The van der Waals surface area contributed by atoms with Crippen molar-refractivity contribution in [1.29, 1.82) is 0 Å². The van der Waals surface area contributed by atoms with E-state index in [0.717, 1.165) is 11.1 Å². The zero-order chi connectivity index (χ0) is 22.6. The number of esters is 2. The zero-order valence-electron chi connectivity index (χ0n) is 17.3. The Bertz CT molecular complexity index is 1030. The minimum atomic E-state index is -1.22. The molecule has 0 N–H and O–H groups in total. The Hall–Kier alpha value is -3.87. The monoisotopic (exact) mass is 422 g/mol. The summed E-state index contributed by atoms with van der Waals surface area (Å²) in [7, 11) is 0. The number of benzene rings is 2. The lowest BCUT2D eigenvalue weighted by Gasteiger charge is -2.25. The molecule has 0 radical (unpaired) electrons. The van der Waals surface area contributed by atoms with Gasteiger partial charge in [0.05, 0.1) is 0 Å². The highest BCUT2D eigenvalue weighted by Gasteiger charge is 2.45. The molecular weight excluding hydrogens is 400 g/mol. The van der Waals surface area contributed by atoms with Crippen molar-refractivity contribution in [3.63, 3.8) is 0 Å². The number of cyclic esters (lactones) is 2. The largest absolute Gasteiger partial charge is 0.509 e. The number of hydrogen-bond acceptors (Lipinski definition) is 7. The topological polar surface area (TPSA) is 88.1 Å². The first kappa shape index (κ1) is 21.8. The van der Waals surface area contributed by atoms with Gasteiger partial charge in [-0.15, -0.1) is 0 Å². The highest BCUT2D eigenvalue weighted by Crippen LogP contribution is 2.34. The molecule has 0 spiro atoms. The molecule has 2 aromatic rings. The molecule has 1 fully saturated rings. The van der Waals surface area contributed by atoms with E-state index in [0.29, 0.717) is 16.9 Å². The van der Waals surface area contributed by atoms with Gasteiger partial charge in [-0.2, -0.15) is 0 Å². The molecule has 1 atom stereocenters. The Morgan fingerprint density at radius 2 is 1.48 bits per heavy atom. The van der Waals surface area contributed by atoms with Crippen LogP contribution in [-0.2, 0) is 29.4 Å². The maximum absolute atomic E-state index is 11.8. The van der Waals surface area contributed by atoms with Crippen molar-refractivity contribution in [1.82, 2.24) is 0 Å². The Kier molecular flexibility index (Phi) is 6.25. The minimum Gasteiger partial charge on any atom is -0.458 e. The maximum atomic E-state index is 11.8. The SMILES string of the molecule is C=C(C)C(=O)OCC1(c2ccc(-c3ccc(OC(=O)C(=C)C)cc3)cc2)COC(=O)O1. The van der Waals surface area contributed by atoms with Gasteiger partial charge in [0, 0.05) is 16.7 Å². The lowest BCUT2D eigenvalue weighted by atomic mass is 9.93. The van der Waals surface area contributed by atoms with Gasteiger partial charge in [-0.05, 0) is 37.1 Å². The van der Waals surface area contributed by atoms with Crippen LogP contribution in [0.15, 0.2) is 72.8 Å². The lowest BCUT2D eigenvalue weighted by Crippen LogP contribution is -2.35. The fourth-order valence-electron chi connectivity index (χ4n) is 2.87. The molecule has 7 nitrogen and oxygen atoms in total. The predicted octanol–water partition coefficient (Wildman–Crippen LogP) is 4.32. The molecule has 1 aliphatic rings. The number of hydrogen-bond donors (Lipinski definition) is 0. The zero-order valence-corrected chi connectivity index (χ0v) is 17.3. The highest BCUT2D eigenvalue weighted by molar-refractivity contribution is 5.89. The smallest absolute Gasteiger partial charge is 0.458 e. The van der Waals surface area contributed by atoms with Gasteiger partial charge in [-0.25, -0.2) is 14.4 Å². The first-order valence-electron chi connectivity index (χ1n) is 9.47. The van der Waals surface area contributed by atoms with Gasteiger partial charge >= 0.3 is 18.1 Å². The van der Waals surface area contributed by atoms with Gasteiger partial charge in [0.25, 0.3) is 0 Å². The average Bonchev–Trinajstić information content (AvgIpc) is 3.14. The molecule has 0 saturated carbocycles. The molecule has 0 aromatic heterocycles. The van der Waals surface area contributed by atoms with Crippen molar-refractivity contribution < 1.29 is 33.3 Å². The average molecular weight is 422 g/mol.